The molecule has 19 heavy (non-hydrogen) atoms. The van der Waals surface area contributed by atoms with E-state index in [1.165, 1.54) is 29.3 Å². The highest BCUT2D eigenvalue weighted by Crippen LogP contribution is 2.28. The molecule has 1 heterocycles. The molecule has 1 aromatic carbocycles. The Morgan fingerprint density at radius 2 is 2.05 bits per heavy atom. The van der Waals surface area contributed by atoms with Crippen molar-refractivity contribution in [3.05, 3.63) is 34.5 Å². The summed E-state index contributed by atoms with van der Waals surface area (Å²) in [6.45, 7) is 5.52. The molecular weight excluding hydrogens is 258 g/mol. The first-order chi connectivity index (χ1) is 9.17. The lowest BCUT2D eigenvalue weighted by Gasteiger charge is -2.05. The van der Waals surface area contributed by atoms with Gasteiger partial charge in [-0.05, 0) is 49.4 Å². The van der Waals surface area contributed by atoms with Crippen LogP contribution in [-0.2, 0) is 13.0 Å². The van der Waals surface area contributed by atoms with Crippen molar-refractivity contribution in [2.75, 3.05) is 6.61 Å². The molecule has 0 aliphatic heterocycles. The summed E-state index contributed by atoms with van der Waals surface area (Å²) in [6.07, 6.45) is 6.33. The van der Waals surface area contributed by atoms with Gasteiger partial charge in [0.2, 0.25) is 0 Å². The molecule has 0 spiro atoms. The number of aromatic nitrogens is 1. The Labute approximate surface area is 120 Å². The van der Waals surface area contributed by atoms with Crippen LogP contribution in [0.15, 0.2) is 18.3 Å². The molecule has 3 heteroatoms. The number of unbranched alkanes of at least 4 members (excludes halogenated alkanes) is 1. The first kappa shape index (κ1) is 14.4. The smallest absolute Gasteiger partial charge is 0.0498 e. The van der Waals surface area contributed by atoms with Crippen LogP contribution in [0.2, 0.25) is 5.02 Å². The van der Waals surface area contributed by atoms with Gasteiger partial charge in [0.15, 0.2) is 0 Å². The first-order valence-electron chi connectivity index (χ1n) is 7.06. The second kappa shape index (κ2) is 6.44. The van der Waals surface area contributed by atoms with Gasteiger partial charge in [-0.2, -0.15) is 0 Å². The topological polar surface area (TPSA) is 25.2 Å². The van der Waals surface area contributed by atoms with Crippen LogP contribution >= 0.6 is 11.6 Å². The van der Waals surface area contributed by atoms with Crippen molar-refractivity contribution >= 4 is 22.5 Å². The number of fused-ring (bicyclic) bond motifs is 1. The number of hydrogen-bond acceptors (Lipinski definition) is 1. The molecule has 2 rings (SSSR count). The summed E-state index contributed by atoms with van der Waals surface area (Å²) in [5.74, 6) is 0. The summed E-state index contributed by atoms with van der Waals surface area (Å²) in [4.78, 5) is 0. The van der Waals surface area contributed by atoms with E-state index in [1.54, 1.807) is 0 Å². The monoisotopic (exact) mass is 279 g/mol. The van der Waals surface area contributed by atoms with E-state index in [4.69, 9.17) is 16.7 Å². The van der Waals surface area contributed by atoms with E-state index in [0.717, 1.165) is 30.0 Å². The van der Waals surface area contributed by atoms with E-state index in [0.29, 0.717) is 0 Å². The summed E-state index contributed by atoms with van der Waals surface area (Å²) in [6, 6.07) is 4.25. The molecule has 0 fully saturated rings. The second-order valence-electron chi connectivity index (χ2n) is 5.15. The van der Waals surface area contributed by atoms with Crippen LogP contribution in [0.4, 0.5) is 0 Å². The van der Waals surface area contributed by atoms with Gasteiger partial charge in [0.1, 0.15) is 0 Å². The van der Waals surface area contributed by atoms with Crippen LogP contribution in [0.5, 0.6) is 0 Å². The van der Waals surface area contributed by atoms with Crippen LogP contribution in [0, 0.1) is 6.92 Å². The maximum atomic E-state index is 9.02. The lowest BCUT2D eigenvalue weighted by atomic mass is 10.1. The predicted octanol–water partition coefficient (Wildman–Crippen LogP) is 4.33. The van der Waals surface area contributed by atoms with Crippen LogP contribution < -0.4 is 0 Å². The van der Waals surface area contributed by atoms with Gasteiger partial charge in [-0.15, -0.1) is 0 Å². The minimum Gasteiger partial charge on any atom is -0.396 e. The summed E-state index contributed by atoms with van der Waals surface area (Å²) >= 11 is 6.25. The van der Waals surface area contributed by atoms with Gasteiger partial charge < -0.3 is 9.67 Å². The normalized spacial score (nSPS) is 11.4. The average Bonchev–Trinajstić information content (AvgIpc) is 2.72. The highest BCUT2D eigenvalue weighted by molar-refractivity contribution is 6.32. The molecule has 2 aromatic rings. The molecule has 1 aromatic heterocycles. The molecular formula is C16H22ClNO. The Bertz CT molecular complexity index is 511. The zero-order chi connectivity index (χ0) is 13.8. The highest BCUT2D eigenvalue weighted by atomic mass is 35.5. The zero-order valence-electron chi connectivity index (χ0n) is 11.7. The zero-order valence-corrected chi connectivity index (χ0v) is 12.5. The SMILES string of the molecule is CCCCn1cc(CCCO)c2cc(C)c(Cl)cc21. The van der Waals surface area contributed by atoms with E-state index in [9.17, 15) is 0 Å². The molecule has 0 amide bonds. The largest absolute Gasteiger partial charge is 0.396 e. The lowest BCUT2D eigenvalue weighted by molar-refractivity contribution is 0.288. The third kappa shape index (κ3) is 3.13. The van der Waals surface area contributed by atoms with Crippen molar-refractivity contribution in [2.24, 2.45) is 0 Å². The second-order valence-corrected chi connectivity index (χ2v) is 5.55. The fourth-order valence-corrected chi connectivity index (χ4v) is 2.63. The van der Waals surface area contributed by atoms with Crippen LogP contribution in [0.3, 0.4) is 0 Å². The average molecular weight is 280 g/mol. The number of aliphatic hydroxyl groups is 1. The standard InChI is InChI=1S/C16H22ClNO/c1-3-4-7-18-11-13(6-5-8-19)14-9-12(2)15(17)10-16(14)18/h9-11,19H,3-8H2,1-2H3. The van der Waals surface area contributed by atoms with Crippen LogP contribution in [-0.4, -0.2) is 16.3 Å². The van der Waals surface area contributed by atoms with Gasteiger partial charge in [-0.25, -0.2) is 0 Å². The number of halogens is 1. The quantitative estimate of drug-likeness (QED) is 0.837. The molecule has 0 saturated heterocycles. The summed E-state index contributed by atoms with van der Waals surface area (Å²) < 4.78 is 2.30. The summed E-state index contributed by atoms with van der Waals surface area (Å²) in [5.41, 5.74) is 3.66. The van der Waals surface area contributed by atoms with Gasteiger partial charge in [-0.3, -0.25) is 0 Å². The minimum atomic E-state index is 0.244. The molecule has 104 valence electrons. The Balaban J connectivity index is 2.46. The van der Waals surface area contributed by atoms with Gasteiger partial charge in [0.05, 0.1) is 0 Å². The van der Waals surface area contributed by atoms with Crippen molar-refractivity contribution in [1.29, 1.82) is 0 Å². The predicted molar refractivity (Wildman–Crippen MR) is 82.0 cm³/mol. The number of rotatable bonds is 6. The lowest BCUT2D eigenvalue weighted by Crippen LogP contribution is -1.95. The van der Waals surface area contributed by atoms with Gasteiger partial charge >= 0.3 is 0 Å². The van der Waals surface area contributed by atoms with Gasteiger partial charge in [-0.1, -0.05) is 24.9 Å². The van der Waals surface area contributed by atoms with E-state index in [2.05, 4.69) is 29.8 Å². The number of aliphatic hydroxyl groups excluding tert-OH is 1. The number of aryl methyl sites for hydroxylation is 3. The van der Waals surface area contributed by atoms with Gasteiger partial charge in [0.25, 0.3) is 0 Å². The van der Waals surface area contributed by atoms with Crippen LogP contribution in [0.1, 0.15) is 37.3 Å². The molecule has 0 radical (unpaired) electrons. The van der Waals surface area contributed by atoms with E-state index in [1.807, 2.05) is 6.92 Å². The fourth-order valence-electron chi connectivity index (χ4n) is 2.48. The van der Waals surface area contributed by atoms with E-state index in [-0.39, 0.29) is 6.61 Å². The number of benzene rings is 1. The maximum Gasteiger partial charge on any atom is 0.0498 e. The first-order valence-corrected chi connectivity index (χ1v) is 7.44. The van der Waals surface area contributed by atoms with Crippen molar-refractivity contribution in [1.82, 2.24) is 4.57 Å². The highest BCUT2D eigenvalue weighted by Gasteiger charge is 2.10. The minimum absolute atomic E-state index is 0.244. The van der Waals surface area contributed by atoms with E-state index < -0.39 is 0 Å². The molecule has 2 nitrogen and oxygen atoms in total. The molecule has 0 unspecified atom stereocenters. The van der Waals surface area contributed by atoms with Crippen molar-refractivity contribution in [3.63, 3.8) is 0 Å². The Morgan fingerprint density at radius 3 is 2.74 bits per heavy atom. The van der Waals surface area contributed by atoms with Gasteiger partial charge in [0, 0.05) is 35.3 Å². The summed E-state index contributed by atoms with van der Waals surface area (Å²) in [7, 11) is 0. The number of hydrogen-bond donors (Lipinski definition) is 1. The third-order valence-electron chi connectivity index (χ3n) is 3.60. The Kier molecular flexibility index (Phi) is 4.89. The Hall–Kier alpha value is -0.990. The van der Waals surface area contributed by atoms with E-state index >= 15 is 0 Å². The molecule has 1 N–H and O–H groups in total. The molecule has 0 atom stereocenters. The van der Waals surface area contributed by atoms with Crippen molar-refractivity contribution in [3.8, 4) is 0 Å². The summed E-state index contributed by atoms with van der Waals surface area (Å²) in [5, 5.41) is 11.1. The third-order valence-corrected chi connectivity index (χ3v) is 4.01. The Morgan fingerprint density at radius 1 is 1.26 bits per heavy atom. The van der Waals surface area contributed by atoms with Crippen molar-refractivity contribution < 1.29 is 5.11 Å². The van der Waals surface area contributed by atoms with Crippen LogP contribution in [0.25, 0.3) is 10.9 Å². The fraction of sp³-hybridized carbons (Fsp3) is 0.500. The molecule has 0 aliphatic rings. The number of nitrogens with zero attached hydrogens (tertiary/aromatic N) is 1. The van der Waals surface area contributed by atoms with Crippen molar-refractivity contribution in [2.45, 2.75) is 46.1 Å². The maximum absolute atomic E-state index is 9.02. The molecule has 0 aliphatic carbocycles. The molecule has 0 saturated carbocycles. The molecule has 0 bridgehead atoms.